The molecule has 0 spiro atoms. The van der Waals surface area contributed by atoms with Crippen LogP contribution in [0.25, 0.3) is 5.70 Å². The second kappa shape index (κ2) is 5.47. The van der Waals surface area contributed by atoms with Crippen LogP contribution in [0.2, 0.25) is 0 Å². The van der Waals surface area contributed by atoms with Gasteiger partial charge in [0.1, 0.15) is 5.75 Å². The minimum absolute atomic E-state index is 0.168. The number of hydrogen-bond acceptors (Lipinski definition) is 4. The van der Waals surface area contributed by atoms with E-state index < -0.39 is 16.1 Å². The molecule has 0 radical (unpaired) electrons. The number of aromatic hydroxyl groups is 1. The summed E-state index contributed by atoms with van der Waals surface area (Å²) in [6.07, 6.45) is 3.03. The summed E-state index contributed by atoms with van der Waals surface area (Å²) in [5.41, 5.74) is 5.33. The first-order chi connectivity index (χ1) is 10.4. The van der Waals surface area contributed by atoms with Crippen LogP contribution in [0.1, 0.15) is 17.2 Å². The number of rotatable bonds is 3. The number of hydrogen-bond donors (Lipinski definition) is 2. The molecule has 0 fully saturated rings. The van der Waals surface area contributed by atoms with Crippen molar-refractivity contribution in [1.29, 1.82) is 0 Å². The molecular weight excluding hydrogens is 300 g/mol. The van der Waals surface area contributed by atoms with Gasteiger partial charge < -0.3 is 10.5 Å². The maximum Gasteiger partial charge on any atom is 0.228 e. The Morgan fingerprint density at radius 3 is 2.27 bits per heavy atom. The third-order valence-electron chi connectivity index (χ3n) is 3.48. The van der Waals surface area contributed by atoms with Crippen LogP contribution < -0.4 is 5.43 Å². The van der Waals surface area contributed by atoms with E-state index in [4.69, 9.17) is 0 Å². The molecule has 6 heteroatoms. The normalized spacial score (nSPS) is 18.8. The zero-order valence-corrected chi connectivity index (χ0v) is 12.8. The highest BCUT2D eigenvalue weighted by Crippen LogP contribution is 2.33. The lowest BCUT2D eigenvalue weighted by atomic mass is 10.1. The number of nitrogens with zero attached hydrogens (tertiary/aromatic N) is 1. The van der Waals surface area contributed by atoms with Crippen LogP contribution in [0, 0.1) is 0 Å². The van der Waals surface area contributed by atoms with Crippen molar-refractivity contribution in [1.82, 2.24) is 9.84 Å². The molecule has 1 aliphatic rings. The number of phenols is 1. The van der Waals surface area contributed by atoms with Gasteiger partial charge in [-0.1, -0.05) is 30.3 Å². The highest BCUT2D eigenvalue weighted by atomic mass is 32.2. The van der Waals surface area contributed by atoms with Crippen LogP contribution in [0.5, 0.6) is 5.75 Å². The lowest BCUT2D eigenvalue weighted by Gasteiger charge is -2.22. The van der Waals surface area contributed by atoms with E-state index in [9.17, 15) is 13.5 Å². The molecule has 1 atom stereocenters. The number of nitrogens with one attached hydrogen (secondary N) is 1. The molecule has 0 saturated carbocycles. The van der Waals surface area contributed by atoms with E-state index in [0.29, 0.717) is 5.70 Å². The Balaban J connectivity index is 2.02. The van der Waals surface area contributed by atoms with Crippen molar-refractivity contribution in [3.05, 3.63) is 71.8 Å². The molecule has 114 valence electrons. The Labute approximate surface area is 129 Å². The topological polar surface area (TPSA) is 69.6 Å². The standard InChI is InChI=1S/C16H16N2O3S/c1-22(20,21)18-16(13-5-3-2-4-6-13)11-15(17-18)12-7-9-14(19)10-8-12/h2-11,16-17,19H,1H3/t16-/m0/s1. The first-order valence-corrected chi connectivity index (χ1v) is 8.62. The molecule has 0 unspecified atom stereocenters. The molecular formula is C16H16N2O3S. The molecule has 2 N–H and O–H groups in total. The van der Waals surface area contributed by atoms with Crippen LogP contribution in [-0.2, 0) is 10.0 Å². The van der Waals surface area contributed by atoms with Crippen molar-refractivity contribution >= 4 is 15.7 Å². The van der Waals surface area contributed by atoms with Gasteiger partial charge in [-0.3, -0.25) is 0 Å². The minimum Gasteiger partial charge on any atom is -0.508 e. The van der Waals surface area contributed by atoms with E-state index in [0.717, 1.165) is 11.1 Å². The predicted octanol–water partition coefficient (Wildman–Crippen LogP) is 2.25. The van der Waals surface area contributed by atoms with Crippen molar-refractivity contribution in [2.75, 3.05) is 6.26 Å². The molecule has 0 bridgehead atoms. The van der Waals surface area contributed by atoms with Gasteiger partial charge in [0.05, 0.1) is 18.0 Å². The zero-order chi connectivity index (χ0) is 15.7. The average Bonchev–Trinajstić information content (AvgIpc) is 2.94. The maximum absolute atomic E-state index is 12.0. The Kier molecular flexibility index (Phi) is 3.64. The van der Waals surface area contributed by atoms with Gasteiger partial charge in [-0.15, -0.1) is 4.41 Å². The molecule has 2 aromatic carbocycles. The summed E-state index contributed by atoms with van der Waals surface area (Å²) in [6, 6.07) is 15.6. The second-order valence-corrected chi connectivity index (χ2v) is 7.01. The van der Waals surface area contributed by atoms with Crippen molar-refractivity contribution in [3.63, 3.8) is 0 Å². The Bertz CT molecular complexity index is 799. The fraction of sp³-hybridized carbons (Fsp3) is 0.125. The van der Waals surface area contributed by atoms with Gasteiger partial charge in [0.15, 0.2) is 0 Å². The summed E-state index contributed by atoms with van der Waals surface area (Å²) >= 11 is 0. The fourth-order valence-electron chi connectivity index (χ4n) is 2.42. The summed E-state index contributed by atoms with van der Waals surface area (Å²) < 4.78 is 25.3. The molecule has 5 nitrogen and oxygen atoms in total. The van der Waals surface area contributed by atoms with Gasteiger partial charge in [-0.25, -0.2) is 8.42 Å². The molecule has 0 aromatic heterocycles. The van der Waals surface area contributed by atoms with Gasteiger partial charge in [0.2, 0.25) is 10.0 Å². The quantitative estimate of drug-likeness (QED) is 0.911. The van der Waals surface area contributed by atoms with Crippen LogP contribution >= 0.6 is 0 Å². The minimum atomic E-state index is -3.43. The van der Waals surface area contributed by atoms with Crippen LogP contribution in [0.4, 0.5) is 0 Å². The zero-order valence-electron chi connectivity index (χ0n) is 12.0. The summed E-state index contributed by atoms with van der Waals surface area (Å²) in [5, 5.41) is 9.36. The SMILES string of the molecule is CS(=O)(=O)N1NC(c2ccc(O)cc2)=C[C@H]1c1ccccc1. The van der Waals surface area contributed by atoms with Gasteiger partial charge in [0.25, 0.3) is 0 Å². The van der Waals surface area contributed by atoms with E-state index in [2.05, 4.69) is 5.43 Å². The van der Waals surface area contributed by atoms with Gasteiger partial charge in [-0.05, 0) is 41.5 Å². The molecule has 1 aliphatic heterocycles. The molecule has 0 amide bonds. The molecule has 1 heterocycles. The van der Waals surface area contributed by atoms with Crippen LogP contribution in [0.15, 0.2) is 60.7 Å². The summed E-state index contributed by atoms with van der Waals surface area (Å²) in [7, 11) is -3.43. The second-order valence-electron chi connectivity index (χ2n) is 5.15. The van der Waals surface area contributed by atoms with Crippen molar-refractivity contribution in [2.24, 2.45) is 0 Å². The highest BCUT2D eigenvalue weighted by Gasteiger charge is 2.33. The average molecular weight is 316 g/mol. The third-order valence-corrected chi connectivity index (χ3v) is 4.52. The molecule has 3 rings (SSSR count). The van der Waals surface area contributed by atoms with Crippen molar-refractivity contribution in [2.45, 2.75) is 6.04 Å². The number of phenolic OH excluding ortho intramolecular Hbond substituents is 1. The van der Waals surface area contributed by atoms with Crippen LogP contribution in [-0.4, -0.2) is 24.2 Å². The third kappa shape index (κ3) is 2.84. The molecule has 22 heavy (non-hydrogen) atoms. The maximum atomic E-state index is 12.0. The van der Waals surface area contributed by atoms with E-state index in [1.165, 1.54) is 10.7 Å². The van der Waals surface area contributed by atoms with E-state index >= 15 is 0 Å². The van der Waals surface area contributed by atoms with Gasteiger partial charge >= 0.3 is 0 Å². The smallest absolute Gasteiger partial charge is 0.228 e. The largest absolute Gasteiger partial charge is 0.508 e. The Morgan fingerprint density at radius 1 is 1.05 bits per heavy atom. The number of hydrazine groups is 1. The Morgan fingerprint density at radius 2 is 1.68 bits per heavy atom. The van der Waals surface area contributed by atoms with E-state index in [1.807, 2.05) is 36.4 Å². The highest BCUT2D eigenvalue weighted by molar-refractivity contribution is 7.88. The molecule has 0 aliphatic carbocycles. The number of sulfonamides is 1. The van der Waals surface area contributed by atoms with E-state index in [1.54, 1.807) is 24.3 Å². The Hall–Kier alpha value is -2.31. The lowest BCUT2D eigenvalue weighted by molar-refractivity contribution is 0.351. The van der Waals surface area contributed by atoms with Crippen LogP contribution in [0.3, 0.4) is 0 Å². The summed E-state index contributed by atoms with van der Waals surface area (Å²) in [5.74, 6) is 0.168. The van der Waals surface area contributed by atoms with Crippen molar-refractivity contribution < 1.29 is 13.5 Å². The predicted molar refractivity (Wildman–Crippen MR) is 85.1 cm³/mol. The number of benzene rings is 2. The summed E-state index contributed by atoms with van der Waals surface area (Å²) in [6.45, 7) is 0. The van der Waals surface area contributed by atoms with Gasteiger partial charge in [0, 0.05) is 0 Å². The molecule has 0 saturated heterocycles. The first-order valence-electron chi connectivity index (χ1n) is 6.77. The fourth-order valence-corrected chi connectivity index (χ4v) is 3.28. The molecule has 2 aromatic rings. The van der Waals surface area contributed by atoms with Crippen molar-refractivity contribution in [3.8, 4) is 5.75 Å². The van der Waals surface area contributed by atoms with E-state index in [-0.39, 0.29) is 5.75 Å². The lowest BCUT2D eigenvalue weighted by Crippen LogP contribution is -2.38. The first kappa shape index (κ1) is 14.6. The van der Waals surface area contributed by atoms with Gasteiger partial charge in [-0.2, -0.15) is 0 Å². The summed E-state index contributed by atoms with van der Waals surface area (Å²) in [4.78, 5) is 0. The monoisotopic (exact) mass is 316 g/mol.